The number of fused-ring (bicyclic) bond motifs is 1. The minimum atomic E-state index is -1.28. The number of hydrogen-bond donors (Lipinski definition) is 1. The third-order valence-corrected chi connectivity index (χ3v) is 4.67. The van der Waals surface area contributed by atoms with Crippen molar-refractivity contribution in [2.75, 3.05) is 0 Å². The summed E-state index contributed by atoms with van der Waals surface area (Å²) in [5.41, 5.74) is 3.05. The summed E-state index contributed by atoms with van der Waals surface area (Å²) in [6.07, 6.45) is 2.55. The first-order valence-electron chi connectivity index (χ1n) is 6.65. The Morgan fingerprint density at radius 1 is 1.35 bits per heavy atom. The Labute approximate surface area is 122 Å². The van der Waals surface area contributed by atoms with Crippen LogP contribution in [0.2, 0.25) is 0 Å². The molecule has 20 heavy (non-hydrogen) atoms. The summed E-state index contributed by atoms with van der Waals surface area (Å²) in [7, 11) is 0. The van der Waals surface area contributed by atoms with Gasteiger partial charge in [0.1, 0.15) is 16.1 Å². The molecule has 0 aromatic heterocycles. The Morgan fingerprint density at radius 2 is 2.05 bits per heavy atom. The van der Waals surface area contributed by atoms with Gasteiger partial charge in [0.15, 0.2) is 0 Å². The van der Waals surface area contributed by atoms with Crippen LogP contribution < -0.4 is 0 Å². The molecule has 1 aliphatic rings. The Hall–Kier alpha value is -1.33. The van der Waals surface area contributed by atoms with Gasteiger partial charge < -0.3 is 9.66 Å². The van der Waals surface area contributed by atoms with Crippen LogP contribution in [0, 0.1) is 0 Å². The van der Waals surface area contributed by atoms with E-state index in [1.54, 1.807) is 18.2 Å². The molecule has 1 aromatic carbocycles. The molecule has 4 nitrogen and oxygen atoms in total. The molecule has 0 saturated heterocycles. The van der Waals surface area contributed by atoms with Gasteiger partial charge in [0.25, 0.3) is 0 Å². The molecule has 1 aliphatic carbocycles. The summed E-state index contributed by atoms with van der Waals surface area (Å²) in [6, 6.07) is 5.07. The fourth-order valence-electron chi connectivity index (χ4n) is 2.13. The van der Waals surface area contributed by atoms with E-state index >= 15 is 0 Å². The predicted octanol–water partition coefficient (Wildman–Crippen LogP) is 2.97. The van der Waals surface area contributed by atoms with Crippen LogP contribution >= 0.6 is 0 Å². The zero-order valence-corrected chi connectivity index (χ0v) is 12.8. The normalized spacial score (nSPS) is 18.7. The van der Waals surface area contributed by atoms with Crippen LogP contribution in [0.5, 0.6) is 0 Å². The maximum atomic E-state index is 12.1. The molecule has 108 valence electrons. The van der Waals surface area contributed by atoms with Gasteiger partial charge >= 0.3 is 5.97 Å². The van der Waals surface area contributed by atoms with Crippen LogP contribution in [0.25, 0.3) is 0 Å². The number of nitrogens with zero attached hydrogens (tertiary/aromatic N) is 1. The number of aryl methyl sites for hydroxylation is 1. The third-order valence-electron chi connectivity index (χ3n) is 3.24. The van der Waals surface area contributed by atoms with Crippen molar-refractivity contribution in [1.29, 1.82) is 0 Å². The Morgan fingerprint density at radius 3 is 2.65 bits per heavy atom. The lowest BCUT2D eigenvalue weighted by atomic mass is 9.89. The Bertz CT molecular complexity index is 561. The summed E-state index contributed by atoms with van der Waals surface area (Å²) in [5.74, 6) is -0.921. The van der Waals surface area contributed by atoms with Crippen LogP contribution in [0.1, 0.15) is 55.1 Å². The molecule has 0 bridgehead atoms. The van der Waals surface area contributed by atoms with Gasteiger partial charge in [-0.2, -0.15) is 0 Å². The van der Waals surface area contributed by atoms with Crippen molar-refractivity contribution in [3.8, 4) is 0 Å². The molecule has 0 fully saturated rings. The molecule has 0 saturated carbocycles. The summed E-state index contributed by atoms with van der Waals surface area (Å²) in [6.45, 7) is 5.68. The van der Waals surface area contributed by atoms with Crippen LogP contribution in [-0.2, 0) is 17.8 Å². The fourth-order valence-corrected chi connectivity index (χ4v) is 2.79. The monoisotopic (exact) mass is 293 g/mol. The largest absolute Gasteiger partial charge is 0.591 e. The van der Waals surface area contributed by atoms with E-state index < -0.39 is 17.3 Å². The Kier molecular flexibility index (Phi) is 4.20. The number of carboxylic acid groups (broad SMARTS) is 1. The molecule has 1 atom stereocenters. The first-order chi connectivity index (χ1) is 9.29. The second-order valence-electron chi connectivity index (χ2n) is 5.93. The fraction of sp³-hybridized carbons (Fsp3) is 0.467. The first kappa shape index (κ1) is 15.1. The maximum absolute atomic E-state index is 12.1. The van der Waals surface area contributed by atoms with Gasteiger partial charge in [-0.1, -0.05) is 10.5 Å². The standard InChI is InChI=1S/C15H19NO3S/c1-15(2,3)20(19)16-13-6-4-5-10-9-11(14(17)18)7-8-12(10)13/h7-9H,4-6H2,1-3H3,(H,17,18)/b16-13+. The number of carboxylic acids is 1. The molecule has 0 radical (unpaired) electrons. The van der Waals surface area contributed by atoms with E-state index in [0.717, 1.165) is 36.1 Å². The smallest absolute Gasteiger partial charge is 0.335 e. The Balaban J connectivity index is 2.38. The second-order valence-corrected chi connectivity index (χ2v) is 7.84. The van der Waals surface area contributed by atoms with Crippen molar-refractivity contribution >= 4 is 23.0 Å². The van der Waals surface area contributed by atoms with Gasteiger partial charge in [0.2, 0.25) is 0 Å². The van der Waals surface area contributed by atoms with E-state index in [0.29, 0.717) is 5.56 Å². The number of aromatic carboxylic acids is 1. The van der Waals surface area contributed by atoms with Gasteiger partial charge in [0, 0.05) is 5.56 Å². The lowest BCUT2D eigenvalue weighted by Crippen LogP contribution is -2.27. The molecule has 0 aliphatic heterocycles. The van der Waals surface area contributed by atoms with Crippen LogP contribution in [0.4, 0.5) is 0 Å². The van der Waals surface area contributed by atoms with Gasteiger partial charge in [-0.15, -0.1) is 0 Å². The van der Waals surface area contributed by atoms with E-state index in [2.05, 4.69) is 4.40 Å². The lowest BCUT2D eigenvalue weighted by Gasteiger charge is -2.22. The number of hydrogen-bond acceptors (Lipinski definition) is 3. The van der Waals surface area contributed by atoms with E-state index in [1.807, 2.05) is 20.8 Å². The number of rotatable bonds is 2. The van der Waals surface area contributed by atoms with E-state index in [-0.39, 0.29) is 4.75 Å². The molecule has 1 unspecified atom stereocenters. The average molecular weight is 293 g/mol. The minimum Gasteiger partial charge on any atom is -0.591 e. The average Bonchev–Trinajstić information content (AvgIpc) is 2.37. The van der Waals surface area contributed by atoms with Crippen molar-refractivity contribution < 1.29 is 14.5 Å². The van der Waals surface area contributed by atoms with E-state index in [9.17, 15) is 9.35 Å². The lowest BCUT2D eigenvalue weighted by molar-refractivity contribution is 0.0696. The van der Waals surface area contributed by atoms with E-state index in [1.165, 1.54) is 0 Å². The van der Waals surface area contributed by atoms with Crippen molar-refractivity contribution in [3.05, 3.63) is 34.9 Å². The predicted molar refractivity (Wildman–Crippen MR) is 80.8 cm³/mol. The molecule has 1 N–H and O–H groups in total. The summed E-state index contributed by atoms with van der Waals surface area (Å²) < 4.78 is 16.1. The minimum absolute atomic E-state index is 0.293. The molecule has 1 aromatic rings. The van der Waals surface area contributed by atoms with Gasteiger partial charge in [-0.05, 0) is 57.7 Å². The summed E-state index contributed by atoms with van der Waals surface area (Å²) in [5, 5.41) is 9.03. The molecule has 0 amide bonds. The quantitative estimate of drug-likeness (QED) is 0.852. The topological polar surface area (TPSA) is 72.7 Å². The summed E-state index contributed by atoms with van der Waals surface area (Å²) in [4.78, 5) is 11.0. The van der Waals surface area contributed by atoms with Crippen molar-refractivity contribution in [1.82, 2.24) is 0 Å². The summed E-state index contributed by atoms with van der Waals surface area (Å²) >= 11 is -1.28. The van der Waals surface area contributed by atoms with Gasteiger partial charge in [-0.3, -0.25) is 0 Å². The molecule has 5 heteroatoms. The first-order valence-corrected chi connectivity index (χ1v) is 7.76. The zero-order chi connectivity index (χ0) is 14.9. The SMILES string of the molecule is CC(C)(C)[S+]([O-])/N=C1\CCCc2cc(C(=O)O)ccc21. The molecular formula is C15H19NO3S. The highest BCUT2D eigenvalue weighted by Crippen LogP contribution is 2.26. The highest BCUT2D eigenvalue weighted by atomic mass is 32.2. The highest BCUT2D eigenvalue weighted by Gasteiger charge is 2.28. The second kappa shape index (κ2) is 5.58. The molecule has 2 rings (SSSR count). The third kappa shape index (κ3) is 3.22. The number of benzene rings is 1. The van der Waals surface area contributed by atoms with Crippen LogP contribution in [0.15, 0.2) is 22.6 Å². The molecule has 0 spiro atoms. The zero-order valence-electron chi connectivity index (χ0n) is 12.0. The van der Waals surface area contributed by atoms with Crippen molar-refractivity contribution in [2.45, 2.75) is 44.8 Å². The van der Waals surface area contributed by atoms with Crippen molar-refractivity contribution in [2.24, 2.45) is 4.40 Å². The van der Waals surface area contributed by atoms with Crippen LogP contribution in [-0.4, -0.2) is 26.1 Å². The van der Waals surface area contributed by atoms with Gasteiger partial charge in [-0.25, -0.2) is 4.79 Å². The van der Waals surface area contributed by atoms with Gasteiger partial charge in [0.05, 0.1) is 11.3 Å². The molecular weight excluding hydrogens is 274 g/mol. The molecule has 0 heterocycles. The van der Waals surface area contributed by atoms with Crippen molar-refractivity contribution in [3.63, 3.8) is 0 Å². The highest BCUT2D eigenvalue weighted by molar-refractivity contribution is 7.91. The number of carbonyl (C=O) groups is 1. The van der Waals surface area contributed by atoms with Crippen LogP contribution in [0.3, 0.4) is 0 Å². The maximum Gasteiger partial charge on any atom is 0.335 e. The van der Waals surface area contributed by atoms with E-state index in [4.69, 9.17) is 5.11 Å².